The minimum atomic E-state index is -0.220. The van der Waals surface area contributed by atoms with Crippen molar-refractivity contribution in [1.29, 1.82) is 0 Å². The highest BCUT2D eigenvalue weighted by atomic mass is 16.5. The molecule has 0 saturated heterocycles. The van der Waals surface area contributed by atoms with Crippen LogP contribution in [0.1, 0.15) is 74.6 Å². The van der Waals surface area contributed by atoms with Gasteiger partial charge >= 0.3 is 5.97 Å². The van der Waals surface area contributed by atoms with Crippen molar-refractivity contribution in [2.75, 3.05) is 0 Å². The van der Waals surface area contributed by atoms with E-state index in [0.29, 0.717) is 5.56 Å². The topological polar surface area (TPSA) is 35.5 Å². The Bertz CT molecular complexity index is 615. The Hall–Kier alpha value is -2.03. The van der Waals surface area contributed by atoms with E-state index in [0.717, 1.165) is 63.5 Å². The normalized spacial score (nSPS) is 26.5. The van der Waals surface area contributed by atoms with Crippen LogP contribution >= 0.6 is 0 Å². The Morgan fingerprint density at radius 1 is 0.731 bits per heavy atom. The Labute approximate surface area is 157 Å². The Morgan fingerprint density at radius 3 is 2.00 bits per heavy atom. The molecule has 3 heteroatoms. The summed E-state index contributed by atoms with van der Waals surface area (Å²) in [6.07, 6.45) is 19.8. The molecule has 2 unspecified atom stereocenters. The molecule has 2 aliphatic rings. The first-order chi connectivity index (χ1) is 12.8. The fraction of sp³-hybridized carbons (Fsp3) is 0.522. The van der Waals surface area contributed by atoms with E-state index in [-0.39, 0.29) is 18.2 Å². The molecular formula is C23H30O3. The lowest BCUT2D eigenvalue weighted by atomic mass is 10.0. The maximum Gasteiger partial charge on any atom is 0.338 e. The summed E-state index contributed by atoms with van der Waals surface area (Å²) >= 11 is 0. The maximum absolute atomic E-state index is 12.4. The van der Waals surface area contributed by atoms with E-state index in [1.807, 2.05) is 24.3 Å². The minimum Gasteiger partial charge on any atom is -0.490 e. The van der Waals surface area contributed by atoms with Crippen molar-refractivity contribution in [2.45, 2.75) is 76.4 Å². The number of esters is 1. The molecule has 0 bridgehead atoms. The lowest BCUT2D eigenvalue weighted by Gasteiger charge is -2.20. The monoisotopic (exact) mass is 354 g/mol. The van der Waals surface area contributed by atoms with Crippen LogP contribution < -0.4 is 4.74 Å². The second-order valence-electron chi connectivity index (χ2n) is 7.25. The number of benzene rings is 1. The summed E-state index contributed by atoms with van der Waals surface area (Å²) in [7, 11) is 0. The van der Waals surface area contributed by atoms with Gasteiger partial charge in [-0.25, -0.2) is 4.79 Å². The second kappa shape index (κ2) is 10.2. The minimum absolute atomic E-state index is 0.0337. The summed E-state index contributed by atoms with van der Waals surface area (Å²) in [4.78, 5) is 12.4. The Kier molecular flexibility index (Phi) is 7.36. The highest BCUT2D eigenvalue weighted by molar-refractivity contribution is 5.89. The zero-order chi connectivity index (χ0) is 18.0. The molecule has 26 heavy (non-hydrogen) atoms. The quantitative estimate of drug-likeness (QED) is 0.491. The number of rotatable bonds is 4. The third-order valence-corrected chi connectivity index (χ3v) is 5.10. The summed E-state index contributed by atoms with van der Waals surface area (Å²) < 4.78 is 11.8. The fourth-order valence-corrected chi connectivity index (χ4v) is 3.57. The van der Waals surface area contributed by atoms with Crippen LogP contribution in [0.25, 0.3) is 0 Å². The molecule has 140 valence electrons. The summed E-state index contributed by atoms with van der Waals surface area (Å²) in [5, 5.41) is 0. The van der Waals surface area contributed by atoms with E-state index >= 15 is 0 Å². The molecule has 3 rings (SSSR count). The maximum atomic E-state index is 12.4. The van der Waals surface area contributed by atoms with Crippen LogP contribution in [0.3, 0.4) is 0 Å². The molecule has 3 nitrogen and oxygen atoms in total. The first-order valence-corrected chi connectivity index (χ1v) is 10.1. The van der Waals surface area contributed by atoms with Crippen LogP contribution in [0.4, 0.5) is 0 Å². The molecule has 1 aromatic rings. The highest BCUT2D eigenvalue weighted by Gasteiger charge is 2.17. The van der Waals surface area contributed by atoms with Gasteiger partial charge in [-0.1, -0.05) is 24.3 Å². The molecule has 0 amide bonds. The number of allylic oxidation sites excluding steroid dienone is 4. The van der Waals surface area contributed by atoms with Gasteiger partial charge in [0.25, 0.3) is 0 Å². The first-order valence-electron chi connectivity index (χ1n) is 10.1. The van der Waals surface area contributed by atoms with E-state index in [1.165, 1.54) is 6.42 Å². The van der Waals surface area contributed by atoms with Crippen LogP contribution in [0.2, 0.25) is 0 Å². The first kappa shape index (κ1) is 18.8. The van der Waals surface area contributed by atoms with Gasteiger partial charge in [0.2, 0.25) is 0 Å². The molecular weight excluding hydrogens is 324 g/mol. The van der Waals surface area contributed by atoms with Gasteiger partial charge in [0.05, 0.1) is 11.7 Å². The van der Waals surface area contributed by atoms with Crippen LogP contribution in [-0.2, 0) is 4.74 Å². The van der Waals surface area contributed by atoms with Crippen molar-refractivity contribution in [1.82, 2.24) is 0 Å². The molecule has 0 saturated carbocycles. The predicted molar refractivity (Wildman–Crippen MR) is 105 cm³/mol. The van der Waals surface area contributed by atoms with Gasteiger partial charge in [0, 0.05) is 0 Å². The Morgan fingerprint density at radius 2 is 1.31 bits per heavy atom. The average molecular weight is 354 g/mol. The molecule has 0 heterocycles. The van der Waals surface area contributed by atoms with Crippen molar-refractivity contribution < 1.29 is 14.3 Å². The van der Waals surface area contributed by atoms with Gasteiger partial charge in [0.15, 0.2) is 0 Å². The smallest absolute Gasteiger partial charge is 0.338 e. The van der Waals surface area contributed by atoms with Gasteiger partial charge < -0.3 is 9.47 Å². The number of ether oxygens (including phenoxy) is 2. The van der Waals surface area contributed by atoms with Crippen molar-refractivity contribution in [3.05, 3.63) is 54.1 Å². The standard InChI is InChI=1S/C23H30O3/c24-23(26-21-13-9-5-2-6-10-14-21)19-15-17-22(18-16-19)25-20-11-7-3-1-4-8-12-20/h1-3,5,15-18,20-21H,4,6-14H2/b3-1+,5-2+. The van der Waals surface area contributed by atoms with Crippen LogP contribution in [0.15, 0.2) is 48.6 Å². The molecule has 0 aliphatic heterocycles. The van der Waals surface area contributed by atoms with Crippen molar-refractivity contribution >= 4 is 5.97 Å². The van der Waals surface area contributed by atoms with E-state index in [1.54, 1.807) is 0 Å². The summed E-state index contributed by atoms with van der Waals surface area (Å²) in [6.45, 7) is 0. The fourth-order valence-electron chi connectivity index (χ4n) is 3.57. The van der Waals surface area contributed by atoms with E-state index in [4.69, 9.17) is 9.47 Å². The van der Waals surface area contributed by atoms with Crippen LogP contribution in [0.5, 0.6) is 5.75 Å². The predicted octanol–water partition coefficient (Wildman–Crippen LogP) is 6.00. The summed E-state index contributed by atoms with van der Waals surface area (Å²) in [5.41, 5.74) is 0.607. The lowest BCUT2D eigenvalue weighted by molar-refractivity contribution is 0.0257. The number of hydrogen-bond acceptors (Lipinski definition) is 3. The van der Waals surface area contributed by atoms with Crippen molar-refractivity contribution in [3.63, 3.8) is 0 Å². The van der Waals surface area contributed by atoms with Gasteiger partial charge in [0.1, 0.15) is 11.9 Å². The van der Waals surface area contributed by atoms with Gasteiger partial charge in [-0.15, -0.1) is 0 Å². The third-order valence-electron chi connectivity index (χ3n) is 5.10. The van der Waals surface area contributed by atoms with Gasteiger partial charge in [-0.3, -0.25) is 0 Å². The largest absolute Gasteiger partial charge is 0.490 e. The lowest BCUT2D eigenvalue weighted by Crippen LogP contribution is -2.19. The number of hydrogen-bond donors (Lipinski definition) is 0. The average Bonchev–Trinajstić information content (AvgIpc) is 2.60. The number of carbonyl (C=O) groups is 1. The molecule has 1 aromatic carbocycles. The van der Waals surface area contributed by atoms with Crippen LogP contribution in [-0.4, -0.2) is 18.2 Å². The molecule has 2 atom stereocenters. The molecule has 0 N–H and O–H groups in total. The zero-order valence-corrected chi connectivity index (χ0v) is 15.6. The Balaban J connectivity index is 1.52. The third kappa shape index (κ3) is 6.05. The highest BCUT2D eigenvalue weighted by Crippen LogP contribution is 2.22. The molecule has 0 aromatic heterocycles. The van der Waals surface area contributed by atoms with Gasteiger partial charge in [-0.05, 0) is 88.5 Å². The van der Waals surface area contributed by atoms with E-state index < -0.39 is 0 Å². The van der Waals surface area contributed by atoms with Crippen molar-refractivity contribution in [2.24, 2.45) is 0 Å². The molecule has 0 spiro atoms. The SMILES string of the molecule is O=C(OC1CC/C=C/CCC1)c1ccc(OC2CC/C=C/CCC2)cc1. The van der Waals surface area contributed by atoms with Crippen LogP contribution in [0, 0.1) is 0 Å². The van der Waals surface area contributed by atoms with Crippen molar-refractivity contribution in [3.8, 4) is 5.75 Å². The van der Waals surface area contributed by atoms with E-state index in [2.05, 4.69) is 24.3 Å². The zero-order valence-electron chi connectivity index (χ0n) is 15.6. The number of carbonyl (C=O) groups excluding carboxylic acids is 1. The molecule has 2 aliphatic carbocycles. The van der Waals surface area contributed by atoms with E-state index in [9.17, 15) is 4.79 Å². The summed E-state index contributed by atoms with van der Waals surface area (Å²) in [5.74, 6) is 0.620. The second-order valence-corrected chi connectivity index (χ2v) is 7.25. The van der Waals surface area contributed by atoms with Gasteiger partial charge in [-0.2, -0.15) is 0 Å². The molecule has 0 fully saturated rings. The summed E-state index contributed by atoms with van der Waals surface area (Å²) in [6, 6.07) is 7.44. The molecule has 0 radical (unpaired) electrons.